The van der Waals surface area contributed by atoms with Crippen LogP contribution in [0.1, 0.15) is 44.5 Å². The molecule has 2 aliphatic heterocycles. The number of aromatic nitrogens is 2. The lowest BCUT2D eigenvalue weighted by Gasteiger charge is -2.17. The molecule has 122 valence electrons. The second-order valence-electron chi connectivity index (χ2n) is 5.60. The molecule has 2 aliphatic rings. The van der Waals surface area contributed by atoms with Crippen LogP contribution in [0.4, 0.5) is 11.5 Å². The predicted molar refractivity (Wildman–Crippen MR) is 83.0 cm³/mol. The lowest BCUT2D eigenvalue weighted by atomic mass is 10.2. The Hall–Kier alpha value is -1.60. The van der Waals surface area contributed by atoms with Crippen molar-refractivity contribution in [3.05, 3.63) is 5.82 Å². The van der Waals surface area contributed by atoms with Crippen LogP contribution in [-0.4, -0.2) is 42.4 Å². The van der Waals surface area contributed by atoms with E-state index in [1.165, 1.54) is 0 Å². The van der Waals surface area contributed by atoms with Gasteiger partial charge in [0.25, 0.3) is 0 Å². The maximum absolute atomic E-state index is 6.13. The Morgan fingerprint density at radius 1 is 1.23 bits per heavy atom. The SMILES string of the molecule is CCOc1nc(C2CCCO2)nc(NCC2CCCO2)c1N. The molecule has 0 saturated carbocycles. The number of hydrogen-bond acceptors (Lipinski definition) is 7. The van der Waals surface area contributed by atoms with Crippen molar-refractivity contribution in [2.24, 2.45) is 0 Å². The zero-order valence-corrected chi connectivity index (χ0v) is 13.0. The monoisotopic (exact) mass is 308 g/mol. The van der Waals surface area contributed by atoms with Crippen molar-refractivity contribution >= 4 is 11.5 Å². The number of ether oxygens (including phenoxy) is 3. The van der Waals surface area contributed by atoms with Gasteiger partial charge in [-0.15, -0.1) is 0 Å². The molecule has 0 aliphatic carbocycles. The van der Waals surface area contributed by atoms with Gasteiger partial charge in [0, 0.05) is 19.8 Å². The number of nitrogens with zero attached hydrogens (tertiary/aromatic N) is 2. The predicted octanol–water partition coefficient (Wildman–Crippen LogP) is 1.90. The van der Waals surface area contributed by atoms with Crippen molar-refractivity contribution in [3.63, 3.8) is 0 Å². The van der Waals surface area contributed by atoms with Gasteiger partial charge in [0.1, 0.15) is 11.8 Å². The van der Waals surface area contributed by atoms with Crippen LogP contribution in [0.15, 0.2) is 0 Å². The van der Waals surface area contributed by atoms with Gasteiger partial charge < -0.3 is 25.3 Å². The Morgan fingerprint density at radius 2 is 2.05 bits per heavy atom. The number of hydrogen-bond donors (Lipinski definition) is 2. The highest BCUT2D eigenvalue weighted by atomic mass is 16.5. The van der Waals surface area contributed by atoms with Gasteiger partial charge in [0.05, 0.1) is 12.7 Å². The third-order valence-electron chi connectivity index (χ3n) is 3.95. The van der Waals surface area contributed by atoms with E-state index in [9.17, 15) is 0 Å². The molecule has 1 aromatic heterocycles. The van der Waals surface area contributed by atoms with E-state index in [2.05, 4.69) is 15.3 Å². The van der Waals surface area contributed by atoms with Crippen LogP contribution in [0.3, 0.4) is 0 Å². The van der Waals surface area contributed by atoms with E-state index < -0.39 is 0 Å². The van der Waals surface area contributed by atoms with Crippen LogP contribution >= 0.6 is 0 Å². The minimum atomic E-state index is -0.0666. The van der Waals surface area contributed by atoms with Gasteiger partial charge in [-0.05, 0) is 32.6 Å². The minimum absolute atomic E-state index is 0.0666. The van der Waals surface area contributed by atoms with E-state index >= 15 is 0 Å². The molecule has 2 unspecified atom stereocenters. The van der Waals surface area contributed by atoms with Crippen LogP contribution < -0.4 is 15.8 Å². The summed E-state index contributed by atoms with van der Waals surface area (Å²) in [7, 11) is 0. The minimum Gasteiger partial charge on any atom is -0.476 e. The van der Waals surface area contributed by atoms with Crippen molar-refractivity contribution in [2.75, 3.05) is 37.4 Å². The number of nitrogens with one attached hydrogen (secondary N) is 1. The molecule has 7 nitrogen and oxygen atoms in total. The summed E-state index contributed by atoms with van der Waals surface area (Å²) in [4.78, 5) is 8.98. The third-order valence-corrected chi connectivity index (χ3v) is 3.95. The number of anilines is 2. The van der Waals surface area contributed by atoms with Crippen molar-refractivity contribution in [1.82, 2.24) is 9.97 Å². The Balaban J connectivity index is 1.78. The molecule has 3 rings (SSSR count). The van der Waals surface area contributed by atoms with E-state index in [0.717, 1.165) is 38.9 Å². The average molecular weight is 308 g/mol. The molecular formula is C15H24N4O3. The largest absolute Gasteiger partial charge is 0.476 e. The van der Waals surface area contributed by atoms with Crippen molar-refractivity contribution in [3.8, 4) is 5.88 Å². The maximum atomic E-state index is 6.13. The van der Waals surface area contributed by atoms with Crippen molar-refractivity contribution in [1.29, 1.82) is 0 Å². The van der Waals surface area contributed by atoms with Gasteiger partial charge in [-0.25, -0.2) is 4.98 Å². The van der Waals surface area contributed by atoms with E-state index in [-0.39, 0.29) is 12.2 Å². The van der Waals surface area contributed by atoms with Crippen LogP contribution in [0.2, 0.25) is 0 Å². The molecule has 1 aromatic rings. The first kappa shape index (κ1) is 15.3. The summed E-state index contributed by atoms with van der Waals surface area (Å²) >= 11 is 0. The van der Waals surface area contributed by atoms with Gasteiger partial charge >= 0.3 is 0 Å². The summed E-state index contributed by atoms with van der Waals surface area (Å²) in [6.07, 6.45) is 4.28. The summed E-state index contributed by atoms with van der Waals surface area (Å²) in [6, 6.07) is 0. The molecule has 0 spiro atoms. The standard InChI is InChI=1S/C15H24N4O3/c1-2-20-15-12(16)14(17-9-10-5-3-7-21-10)18-13(19-15)11-6-4-8-22-11/h10-11H,2-9,16H2,1H3,(H,17,18,19). The third kappa shape index (κ3) is 3.41. The van der Waals surface area contributed by atoms with Crippen LogP contribution in [0.5, 0.6) is 5.88 Å². The molecule has 3 heterocycles. The molecule has 2 saturated heterocycles. The number of nitrogens with two attached hydrogens (primary N) is 1. The maximum Gasteiger partial charge on any atom is 0.242 e. The fourth-order valence-corrected chi connectivity index (χ4v) is 2.79. The molecule has 0 bridgehead atoms. The highest BCUT2D eigenvalue weighted by molar-refractivity contribution is 5.67. The quantitative estimate of drug-likeness (QED) is 0.829. The van der Waals surface area contributed by atoms with Crippen LogP contribution in [0, 0.1) is 0 Å². The number of rotatable bonds is 6. The van der Waals surface area contributed by atoms with Crippen LogP contribution in [-0.2, 0) is 9.47 Å². The first-order chi connectivity index (χ1) is 10.8. The lowest BCUT2D eigenvalue weighted by molar-refractivity contribution is 0.104. The summed E-state index contributed by atoms with van der Waals surface area (Å²) in [5, 5.41) is 3.28. The van der Waals surface area contributed by atoms with E-state index in [1.807, 2.05) is 6.92 Å². The van der Waals surface area contributed by atoms with E-state index in [1.54, 1.807) is 0 Å². The Labute approximate surface area is 130 Å². The molecule has 22 heavy (non-hydrogen) atoms. The fourth-order valence-electron chi connectivity index (χ4n) is 2.79. The number of nitrogen functional groups attached to an aromatic ring is 1. The molecule has 0 aromatic carbocycles. The summed E-state index contributed by atoms with van der Waals surface area (Å²) in [5.74, 6) is 1.68. The summed E-state index contributed by atoms with van der Waals surface area (Å²) < 4.78 is 16.8. The second-order valence-corrected chi connectivity index (χ2v) is 5.60. The van der Waals surface area contributed by atoms with Gasteiger partial charge in [-0.1, -0.05) is 0 Å². The Bertz CT molecular complexity index is 500. The topological polar surface area (TPSA) is 91.5 Å². The lowest BCUT2D eigenvalue weighted by Crippen LogP contribution is -2.21. The summed E-state index contributed by atoms with van der Waals surface area (Å²) in [6.45, 7) is 4.69. The van der Waals surface area contributed by atoms with Gasteiger partial charge in [-0.2, -0.15) is 4.98 Å². The van der Waals surface area contributed by atoms with Crippen LogP contribution in [0.25, 0.3) is 0 Å². The van der Waals surface area contributed by atoms with Crippen molar-refractivity contribution in [2.45, 2.75) is 44.8 Å². The fraction of sp³-hybridized carbons (Fsp3) is 0.733. The normalized spacial score (nSPS) is 24.6. The van der Waals surface area contributed by atoms with E-state index in [0.29, 0.717) is 36.4 Å². The Kier molecular flexibility index (Phi) is 4.94. The average Bonchev–Trinajstić information content (AvgIpc) is 3.21. The van der Waals surface area contributed by atoms with Gasteiger partial charge in [0.2, 0.25) is 5.88 Å². The summed E-state index contributed by atoms with van der Waals surface area (Å²) in [5.41, 5.74) is 6.57. The first-order valence-electron chi connectivity index (χ1n) is 8.05. The Morgan fingerprint density at radius 3 is 2.73 bits per heavy atom. The van der Waals surface area contributed by atoms with E-state index in [4.69, 9.17) is 19.9 Å². The molecule has 0 amide bonds. The second kappa shape index (κ2) is 7.11. The molecule has 2 fully saturated rings. The molecule has 0 radical (unpaired) electrons. The highest BCUT2D eigenvalue weighted by Crippen LogP contribution is 2.32. The molecule has 7 heteroatoms. The molecule has 2 atom stereocenters. The zero-order chi connectivity index (χ0) is 15.4. The highest BCUT2D eigenvalue weighted by Gasteiger charge is 2.24. The van der Waals surface area contributed by atoms with Gasteiger partial charge in [0.15, 0.2) is 11.6 Å². The van der Waals surface area contributed by atoms with Crippen molar-refractivity contribution < 1.29 is 14.2 Å². The zero-order valence-electron chi connectivity index (χ0n) is 13.0. The first-order valence-corrected chi connectivity index (χ1v) is 8.05. The molecule has 3 N–H and O–H groups in total. The smallest absolute Gasteiger partial charge is 0.242 e. The molecular weight excluding hydrogens is 284 g/mol. The van der Waals surface area contributed by atoms with Gasteiger partial charge in [-0.3, -0.25) is 0 Å².